The summed E-state index contributed by atoms with van der Waals surface area (Å²) in [5, 5.41) is 4.36. The first-order valence-electron chi connectivity index (χ1n) is 7.54. The van der Waals surface area contributed by atoms with E-state index >= 15 is 0 Å². The molecule has 0 spiro atoms. The quantitative estimate of drug-likeness (QED) is 0.554. The Bertz CT molecular complexity index is 921. The molecule has 7 heteroatoms. The molecule has 2 N–H and O–H groups in total. The van der Waals surface area contributed by atoms with Gasteiger partial charge in [0.15, 0.2) is 0 Å². The zero-order valence-corrected chi connectivity index (χ0v) is 16.7. The van der Waals surface area contributed by atoms with E-state index in [1.54, 1.807) is 12.4 Å². The molecule has 0 saturated carbocycles. The van der Waals surface area contributed by atoms with Gasteiger partial charge in [0.25, 0.3) is 0 Å². The predicted molar refractivity (Wildman–Crippen MR) is 107 cm³/mol. The van der Waals surface area contributed by atoms with Gasteiger partial charge < -0.3 is 10.5 Å². The van der Waals surface area contributed by atoms with Gasteiger partial charge in [0, 0.05) is 14.5 Å². The molecule has 1 aromatic heterocycles. The van der Waals surface area contributed by atoms with Crippen LogP contribution in [0.2, 0.25) is 0 Å². The molecule has 3 aromatic rings. The van der Waals surface area contributed by atoms with Gasteiger partial charge >= 0.3 is 0 Å². The number of hydrogen-bond acceptors (Lipinski definition) is 4. The Hall–Kier alpha value is -2.12. The van der Waals surface area contributed by atoms with Gasteiger partial charge in [-0.15, -0.1) is 0 Å². The Morgan fingerprint density at radius 1 is 1.20 bits per heavy atom. The highest BCUT2D eigenvalue weighted by atomic mass is 79.9. The van der Waals surface area contributed by atoms with Crippen molar-refractivity contribution in [1.29, 1.82) is 0 Å². The molecule has 5 nitrogen and oxygen atoms in total. The number of nitrogens with two attached hydrogens (primary N) is 1. The average Bonchev–Trinajstić information content (AvgIpc) is 2.89. The van der Waals surface area contributed by atoms with E-state index in [-0.39, 0.29) is 0 Å². The van der Waals surface area contributed by atoms with Gasteiger partial charge in [-0.2, -0.15) is 5.10 Å². The van der Waals surface area contributed by atoms with Crippen molar-refractivity contribution in [3.05, 3.63) is 74.4 Å². The zero-order chi connectivity index (χ0) is 17.8. The van der Waals surface area contributed by atoms with E-state index in [4.69, 9.17) is 10.5 Å². The maximum absolute atomic E-state index is 5.97. The number of hydrogen-bond donors (Lipinski definition) is 1. The van der Waals surface area contributed by atoms with Crippen LogP contribution in [0.4, 0.5) is 5.95 Å². The molecule has 0 aliphatic rings. The number of aryl methyl sites for hydroxylation is 1. The lowest BCUT2D eigenvalue weighted by atomic mass is 10.2. The number of anilines is 1. The number of rotatable bonds is 5. The minimum Gasteiger partial charge on any atom is -0.488 e. The number of benzene rings is 2. The summed E-state index contributed by atoms with van der Waals surface area (Å²) in [6, 6.07) is 13.8. The van der Waals surface area contributed by atoms with Crippen LogP contribution >= 0.6 is 31.9 Å². The van der Waals surface area contributed by atoms with Crippen LogP contribution in [0.1, 0.15) is 16.8 Å². The molecule has 0 saturated heterocycles. The lowest BCUT2D eigenvalue weighted by molar-refractivity contribution is 0.305. The number of imidazole rings is 1. The van der Waals surface area contributed by atoms with Crippen molar-refractivity contribution < 1.29 is 4.74 Å². The second kappa shape index (κ2) is 7.84. The topological polar surface area (TPSA) is 65.4 Å². The van der Waals surface area contributed by atoms with E-state index in [2.05, 4.69) is 41.9 Å². The third-order valence-corrected chi connectivity index (χ3v) is 4.40. The minimum absolute atomic E-state index is 0.348. The normalized spacial score (nSPS) is 11.2. The molecule has 2 aromatic carbocycles. The maximum Gasteiger partial charge on any atom is 0.221 e. The second-order valence-corrected chi connectivity index (χ2v) is 7.26. The molecule has 0 atom stereocenters. The molecule has 0 amide bonds. The van der Waals surface area contributed by atoms with Gasteiger partial charge in [0.05, 0.1) is 18.1 Å². The smallest absolute Gasteiger partial charge is 0.221 e. The van der Waals surface area contributed by atoms with Gasteiger partial charge in [-0.3, -0.25) is 0 Å². The number of halogens is 2. The summed E-state index contributed by atoms with van der Waals surface area (Å²) < 4.78 is 9.47. The monoisotopic (exact) mass is 462 g/mol. The molecule has 1 heterocycles. The van der Waals surface area contributed by atoms with Gasteiger partial charge in [-0.05, 0) is 42.8 Å². The van der Waals surface area contributed by atoms with Crippen LogP contribution in [-0.2, 0) is 6.61 Å². The van der Waals surface area contributed by atoms with E-state index in [0.717, 1.165) is 31.5 Å². The third-order valence-electron chi connectivity index (χ3n) is 3.41. The lowest BCUT2D eigenvalue weighted by Crippen LogP contribution is -2.00. The Morgan fingerprint density at radius 3 is 2.72 bits per heavy atom. The highest BCUT2D eigenvalue weighted by Gasteiger charge is 2.05. The molecular formula is C18H16Br2N4O. The standard InChI is InChI=1S/C18H16Br2N4O/c1-12-10-24(18(21)23-12)22-9-14-8-16(20)5-6-17(14)25-11-13-3-2-4-15(19)7-13/h2-10H,11H2,1H3,(H2,21,23). The summed E-state index contributed by atoms with van der Waals surface area (Å²) >= 11 is 6.95. The predicted octanol–water partition coefficient (Wildman–Crippen LogP) is 4.76. The van der Waals surface area contributed by atoms with Crippen molar-refractivity contribution in [2.45, 2.75) is 13.5 Å². The molecule has 0 aliphatic heterocycles. The molecule has 0 bridgehead atoms. The van der Waals surface area contributed by atoms with E-state index in [1.165, 1.54) is 4.68 Å². The van der Waals surface area contributed by atoms with Crippen molar-refractivity contribution in [3.63, 3.8) is 0 Å². The van der Waals surface area contributed by atoms with Gasteiger partial charge in [0.2, 0.25) is 5.95 Å². The summed E-state index contributed by atoms with van der Waals surface area (Å²) in [7, 11) is 0. The zero-order valence-electron chi connectivity index (χ0n) is 13.5. The van der Waals surface area contributed by atoms with Gasteiger partial charge in [0.1, 0.15) is 12.4 Å². The molecule has 128 valence electrons. The summed E-state index contributed by atoms with van der Waals surface area (Å²) in [6.45, 7) is 2.34. The molecule has 0 radical (unpaired) electrons. The highest BCUT2D eigenvalue weighted by Crippen LogP contribution is 2.23. The highest BCUT2D eigenvalue weighted by molar-refractivity contribution is 9.10. The second-order valence-electron chi connectivity index (χ2n) is 5.43. The number of aromatic nitrogens is 2. The summed E-state index contributed by atoms with van der Waals surface area (Å²) in [5.41, 5.74) is 8.55. The summed E-state index contributed by atoms with van der Waals surface area (Å²) in [6.07, 6.45) is 3.48. The molecule has 3 rings (SSSR count). The Balaban J connectivity index is 1.81. The first kappa shape index (κ1) is 17.7. The van der Waals surface area contributed by atoms with Crippen LogP contribution < -0.4 is 10.5 Å². The van der Waals surface area contributed by atoms with Crippen LogP contribution in [0.25, 0.3) is 0 Å². The molecule has 25 heavy (non-hydrogen) atoms. The number of nitrogens with zero attached hydrogens (tertiary/aromatic N) is 3. The Labute approximate surface area is 162 Å². The largest absolute Gasteiger partial charge is 0.488 e. The van der Waals surface area contributed by atoms with E-state index in [0.29, 0.717) is 12.6 Å². The van der Waals surface area contributed by atoms with Gasteiger partial charge in [-0.25, -0.2) is 9.66 Å². The lowest BCUT2D eigenvalue weighted by Gasteiger charge is -2.10. The molecular weight excluding hydrogens is 448 g/mol. The summed E-state index contributed by atoms with van der Waals surface area (Å²) in [4.78, 5) is 4.13. The van der Waals surface area contributed by atoms with E-state index in [1.807, 2.05) is 49.4 Å². The SMILES string of the molecule is Cc1cn(N=Cc2cc(Br)ccc2OCc2cccc(Br)c2)c(N)n1. The van der Waals surface area contributed by atoms with Crippen molar-refractivity contribution in [1.82, 2.24) is 9.66 Å². The van der Waals surface area contributed by atoms with Crippen molar-refractivity contribution >= 4 is 44.0 Å². The van der Waals surface area contributed by atoms with Crippen molar-refractivity contribution in [2.24, 2.45) is 5.10 Å². The average molecular weight is 464 g/mol. The maximum atomic E-state index is 5.97. The Kier molecular flexibility index (Phi) is 5.55. The van der Waals surface area contributed by atoms with Gasteiger partial charge in [-0.1, -0.05) is 44.0 Å². The molecule has 0 unspecified atom stereocenters. The van der Waals surface area contributed by atoms with E-state index in [9.17, 15) is 0 Å². The fraction of sp³-hybridized carbons (Fsp3) is 0.111. The summed E-state index contributed by atoms with van der Waals surface area (Å²) in [5.74, 6) is 1.09. The number of nitrogen functional groups attached to an aromatic ring is 1. The van der Waals surface area contributed by atoms with E-state index < -0.39 is 0 Å². The van der Waals surface area contributed by atoms with Crippen molar-refractivity contribution in [2.75, 3.05) is 5.73 Å². The Morgan fingerprint density at radius 2 is 2.00 bits per heavy atom. The molecule has 0 fully saturated rings. The fourth-order valence-electron chi connectivity index (χ4n) is 2.26. The minimum atomic E-state index is 0.348. The number of ether oxygens (including phenoxy) is 1. The fourth-order valence-corrected chi connectivity index (χ4v) is 3.09. The first-order valence-corrected chi connectivity index (χ1v) is 9.12. The third kappa shape index (κ3) is 4.70. The van der Waals surface area contributed by atoms with Crippen LogP contribution in [0.15, 0.2) is 62.7 Å². The van der Waals surface area contributed by atoms with Crippen LogP contribution in [0.5, 0.6) is 5.75 Å². The van der Waals surface area contributed by atoms with Crippen molar-refractivity contribution in [3.8, 4) is 5.75 Å². The molecule has 0 aliphatic carbocycles. The van der Waals surface area contributed by atoms with Crippen LogP contribution in [0, 0.1) is 6.92 Å². The van der Waals surface area contributed by atoms with Crippen LogP contribution in [-0.4, -0.2) is 15.9 Å². The van der Waals surface area contributed by atoms with Crippen LogP contribution in [0.3, 0.4) is 0 Å². The first-order chi connectivity index (χ1) is 12.0.